The molecule has 190 valence electrons. The summed E-state index contributed by atoms with van der Waals surface area (Å²) < 4.78 is 35.4. The Bertz CT molecular complexity index is 1040. The summed E-state index contributed by atoms with van der Waals surface area (Å²) in [7, 11) is -2.23. The van der Waals surface area contributed by atoms with E-state index in [4.69, 9.17) is 8.83 Å². The third kappa shape index (κ3) is 9.58. The SMILES string of the molecule is CC(C)(CCS(=O)CCS(=O)CCC(C)(C)Cc1cc(=O)c(O)co1)Cc1cc(=O)c(O)co1. The first-order chi connectivity index (χ1) is 15.8. The molecule has 0 fully saturated rings. The Morgan fingerprint density at radius 2 is 1.06 bits per heavy atom. The van der Waals surface area contributed by atoms with E-state index in [-0.39, 0.29) is 10.8 Å². The van der Waals surface area contributed by atoms with Crippen molar-refractivity contribution in [2.75, 3.05) is 23.0 Å². The van der Waals surface area contributed by atoms with Gasteiger partial charge in [0.15, 0.2) is 11.5 Å². The second-order valence-corrected chi connectivity index (χ2v) is 13.5. The maximum absolute atomic E-state index is 12.5. The largest absolute Gasteiger partial charge is 0.502 e. The molecule has 2 atom stereocenters. The lowest BCUT2D eigenvalue weighted by Gasteiger charge is -2.24. The minimum Gasteiger partial charge on any atom is -0.502 e. The zero-order valence-electron chi connectivity index (χ0n) is 20.1. The van der Waals surface area contributed by atoms with Gasteiger partial charge in [0, 0.05) is 69.6 Å². The minimum absolute atomic E-state index is 0.255. The average Bonchev–Trinajstić information content (AvgIpc) is 2.74. The molecule has 2 aromatic rings. The van der Waals surface area contributed by atoms with Crippen LogP contribution in [0.15, 0.2) is 43.1 Å². The van der Waals surface area contributed by atoms with Crippen LogP contribution < -0.4 is 10.9 Å². The lowest BCUT2D eigenvalue weighted by molar-refractivity contribution is 0.309. The smallest absolute Gasteiger partial charge is 0.226 e. The van der Waals surface area contributed by atoms with Crippen molar-refractivity contribution in [3.63, 3.8) is 0 Å². The van der Waals surface area contributed by atoms with Crippen LogP contribution in [0.2, 0.25) is 0 Å². The summed E-state index contributed by atoms with van der Waals surface area (Å²) in [5.41, 5.74) is -1.48. The first-order valence-corrected chi connectivity index (χ1v) is 14.1. The van der Waals surface area contributed by atoms with Crippen molar-refractivity contribution in [2.45, 2.75) is 53.4 Å². The molecule has 0 radical (unpaired) electrons. The standard InChI is InChI=1S/C24H34O8S2/c1-23(2,13-17-11-19(25)21(27)15-31-17)5-7-33(29)9-10-34(30)8-6-24(3,4)14-18-12-20(26)22(28)16-32-18/h11-12,15-16,27-28H,5-10,13-14H2,1-4H3. The Morgan fingerprint density at radius 1 is 0.706 bits per heavy atom. The van der Waals surface area contributed by atoms with Crippen LogP contribution in [0.4, 0.5) is 0 Å². The molecular weight excluding hydrogens is 480 g/mol. The summed E-state index contributed by atoms with van der Waals surface area (Å²) in [5.74, 6) is 1.70. The Hall–Kier alpha value is -2.20. The molecule has 0 saturated carbocycles. The van der Waals surface area contributed by atoms with Crippen molar-refractivity contribution >= 4 is 21.6 Å². The molecular formula is C24H34O8S2. The topological polar surface area (TPSA) is 135 Å². The normalized spacial score (nSPS) is 14.1. The van der Waals surface area contributed by atoms with Crippen LogP contribution in [0.3, 0.4) is 0 Å². The second-order valence-electron chi connectivity index (χ2n) is 10.1. The zero-order chi connectivity index (χ0) is 25.5. The molecule has 0 aliphatic heterocycles. The first-order valence-electron chi connectivity index (χ1n) is 11.1. The molecule has 2 unspecified atom stereocenters. The Kier molecular flexibility index (Phi) is 9.87. The van der Waals surface area contributed by atoms with E-state index in [0.29, 0.717) is 60.2 Å². The molecule has 0 saturated heterocycles. The summed E-state index contributed by atoms with van der Waals surface area (Å²) in [4.78, 5) is 23.1. The molecule has 34 heavy (non-hydrogen) atoms. The fraction of sp³-hybridized carbons (Fsp3) is 0.583. The predicted octanol–water partition coefficient (Wildman–Crippen LogP) is 3.12. The summed E-state index contributed by atoms with van der Waals surface area (Å²) in [6.07, 6.45) is 4.29. The van der Waals surface area contributed by atoms with E-state index in [1.807, 2.05) is 27.7 Å². The summed E-state index contributed by atoms with van der Waals surface area (Å²) in [6, 6.07) is 2.54. The molecule has 8 nitrogen and oxygen atoms in total. The third-order valence-electron chi connectivity index (χ3n) is 5.59. The van der Waals surface area contributed by atoms with Crippen LogP contribution >= 0.6 is 0 Å². The maximum atomic E-state index is 12.5. The van der Waals surface area contributed by atoms with Gasteiger partial charge in [-0.15, -0.1) is 0 Å². The summed E-state index contributed by atoms with van der Waals surface area (Å²) in [6.45, 7) is 7.97. The van der Waals surface area contributed by atoms with E-state index in [9.17, 15) is 28.2 Å². The van der Waals surface area contributed by atoms with Gasteiger partial charge in [0.25, 0.3) is 0 Å². The zero-order valence-corrected chi connectivity index (χ0v) is 21.8. The second kappa shape index (κ2) is 12.0. The van der Waals surface area contributed by atoms with Gasteiger partial charge in [0.05, 0.1) is 0 Å². The van der Waals surface area contributed by atoms with Crippen LogP contribution in [0, 0.1) is 10.8 Å². The van der Waals surface area contributed by atoms with Gasteiger partial charge in [-0.25, -0.2) is 0 Å². The van der Waals surface area contributed by atoms with E-state index in [0.717, 1.165) is 12.5 Å². The molecule has 0 bridgehead atoms. The van der Waals surface area contributed by atoms with Crippen LogP contribution in [-0.4, -0.2) is 41.6 Å². The summed E-state index contributed by atoms with van der Waals surface area (Å²) >= 11 is 0. The molecule has 0 aliphatic rings. The van der Waals surface area contributed by atoms with E-state index in [2.05, 4.69) is 0 Å². The quantitative estimate of drug-likeness (QED) is 0.416. The molecule has 2 aromatic heterocycles. The van der Waals surface area contributed by atoms with Crippen molar-refractivity contribution in [3.05, 3.63) is 56.6 Å². The van der Waals surface area contributed by atoms with Gasteiger partial charge < -0.3 is 19.0 Å². The molecule has 2 N–H and O–H groups in total. The number of hydrogen-bond acceptors (Lipinski definition) is 8. The highest BCUT2D eigenvalue weighted by Crippen LogP contribution is 2.27. The average molecular weight is 515 g/mol. The minimum atomic E-state index is -1.11. The van der Waals surface area contributed by atoms with Crippen LogP contribution in [0.1, 0.15) is 52.1 Å². The van der Waals surface area contributed by atoms with Gasteiger partial charge in [-0.2, -0.15) is 0 Å². The lowest BCUT2D eigenvalue weighted by atomic mass is 9.85. The Balaban J connectivity index is 1.73. The highest BCUT2D eigenvalue weighted by atomic mass is 32.2. The number of aromatic hydroxyl groups is 2. The van der Waals surface area contributed by atoms with Crippen LogP contribution in [0.25, 0.3) is 0 Å². The Morgan fingerprint density at radius 3 is 1.38 bits per heavy atom. The van der Waals surface area contributed by atoms with E-state index in [1.54, 1.807) is 0 Å². The Labute approximate surface area is 204 Å². The van der Waals surface area contributed by atoms with Gasteiger partial charge >= 0.3 is 0 Å². The van der Waals surface area contributed by atoms with Gasteiger partial charge in [0.1, 0.15) is 24.0 Å². The molecule has 2 heterocycles. The van der Waals surface area contributed by atoms with Crippen molar-refractivity contribution < 1.29 is 27.5 Å². The highest BCUT2D eigenvalue weighted by Gasteiger charge is 2.23. The van der Waals surface area contributed by atoms with Gasteiger partial charge in [-0.1, -0.05) is 27.7 Å². The first kappa shape index (κ1) is 28.0. The van der Waals surface area contributed by atoms with Gasteiger partial charge in [0.2, 0.25) is 10.9 Å². The molecule has 2 rings (SSSR count). The van der Waals surface area contributed by atoms with Crippen molar-refractivity contribution in [1.82, 2.24) is 0 Å². The molecule has 0 spiro atoms. The fourth-order valence-electron chi connectivity index (χ4n) is 3.36. The highest BCUT2D eigenvalue weighted by molar-refractivity contribution is 7.88. The van der Waals surface area contributed by atoms with E-state index < -0.39 is 44.0 Å². The maximum Gasteiger partial charge on any atom is 0.226 e. The molecule has 0 aliphatic carbocycles. The van der Waals surface area contributed by atoms with Crippen LogP contribution in [-0.2, 0) is 34.4 Å². The van der Waals surface area contributed by atoms with E-state index >= 15 is 0 Å². The van der Waals surface area contributed by atoms with E-state index in [1.165, 1.54) is 12.1 Å². The van der Waals surface area contributed by atoms with Crippen molar-refractivity contribution in [1.29, 1.82) is 0 Å². The number of rotatable bonds is 13. The number of hydrogen-bond donors (Lipinski definition) is 2. The van der Waals surface area contributed by atoms with Gasteiger partial charge in [-0.05, 0) is 23.7 Å². The van der Waals surface area contributed by atoms with Crippen LogP contribution in [0.5, 0.6) is 11.5 Å². The molecule has 0 aromatic carbocycles. The monoisotopic (exact) mass is 514 g/mol. The molecule has 10 heteroatoms. The predicted molar refractivity (Wildman–Crippen MR) is 133 cm³/mol. The summed E-state index contributed by atoms with van der Waals surface area (Å²) in [5, 5.41) is 18.6. The third-order valence-corrected chi connectivity index (χ3v) is 8.49. The van der Waals surface area contributed by atoms with Crippen molar-refractivity contribution in [3.8, 4) is 11.5 Å². The molecule has 0 amide bonds. The van der Waals surface area contributed by atoms with Gasteiger partial charge in [-0.3, -0.25) is 18.0 Å². The fourth-order valence-corrected chi connectivity index (χ4v) is 6.82. The van der Waals surface area contributed by atoms with Crippen molar-refractivity contribution in [2.24, 2.45) is 10.8 Å². The lowest BCUT2D eigenvalue weighted by Crippen LogP contribution is -2.22.